The molecule has 0 N–H and O–H groups in total. The van der Waals surface area contributed by atoms with Crippen LogP contribution in [0.3, 0.4) is 0 Å². The molecule has 9 nitrogen and oxygen atoms in total. The zero-order valence-electron chi connectivity index (χ0n) is 21.9. The molecule has 0 aliphatic carbocycles. The van der Waals surface area contributed by atoms with E-state index in [-0.39, 0.29) is 17.4 Å². The Morgan fingerprint density at radius 1 is 1.03 bits per heavy atom. The summed E-state index contributed by atoms with van der Waals surface area (Å²) >= 11 is 0. The van der Waals surface area contributed by atoms with E-state index in [1.165, 1.54) is 4.68 Å². The number of nitrogens with zero attached hydrogens (tertiary/aromatic N) is 6. The van der Waals surface area contributed by atoms with Crippen LogP contribution >= 0.6 is 0 Å². The van der Waals surface area contributed by atoms with Gasteiger partial charge in [0.05, 0.1) is 24.9 Å². The number of aromatic nitrogens is 4. The number of amides is 1. The van der Waals surface area contributed by atoms with Crippen LogP contribution in [0.2, 0.25) is 0 Å². The molecule has 1 saturated heterocycles. The topological polar surface area (TPSA) is 93.5 Å². The Labute approximate surface area is 224 Å². The second-order valence-corrected chi connectivity index (χ2v) is 9.47. The number of unbranched alkanes of at least 4 members (excludes halogenated alkanes) is 1. The van der Waals surface area contributed by atoms with Gasteiger partial charge in [-0.05, 0) is 49.9 Å². The number of aryl methyl sites for hydroxylation is 2. The van der Waals surface area contributed by atoms with Crippen LogP contribution in [0.25, 0.3) is 0 Å². The van der Waals surface area contributed by atoms with Gasteiger partial charge < -0.3 is 14.5 Å². The average Bonchev–Trinajstić information content (AvgIpc) is 2.93. The molecule has 1 aliphatic rings. The highest BCUT2D eigenvalue weighted by Crippen LogP contribution is 2.28. The zero-order valence-corrected chi connectivity index (χ0v) is 21.9. The fourth-order valence-electron chi connectivity index (χ4n) is 4.40. The van der Waals surface area contributed by atoms with Gasteiger partial charge in [-0.15, -0.1) is 0 Å². The Kier molecular flexibility index (Phi) is 8.82. The van der Waals surface area contributed by atoms with Crippen molar-refractivity contribution < 1.29 is 22.7 Å². The molecule has 39 heavy (non-hydrogen) atoms. The molecular formula is C27H31F3N6O3. The van der Waals surface area contributed by atoms with Crippen molar-refractivity contribution in [3.63, 3.8) is 0 Å². The lowest BCUT2D eigenvalue weighted by Gasteiger charge is -2.34. The van der Waals surface area contributed by atoms with Crippen molar-refractivity contribution in [2.75, 3.05) is 38.2 Å². The van der Waals surface area contributed by atoms with Crippen LogP contribution in [0.5, 0.6) is 5.75 Å². The van der Waals surface area contributed by atoms with E-state index in [2.05, 4.69) is 15.1 Å². The fraction of sp³-hybridized carbons (Fsp3) is 0.444. The highest BCUT2D eigenvalue weighted by atomic mass is 19.4. The number of halogens is 3. The Balaban J connectivity index is 1.23. The molecule has 0 unspecified atom stereocenters. The Morgan fingerprint density at radius 3 is 2.31 bits per heavy atom. The molecule has 0 bridgehead atoms. The molecule has 0 saturated carbocycles. The predicted molar refractivity (Wildman–Crippen MR) is 139 cm³/mol. The third-order valence-corrected chi connectivity index (χ3v) is 6.65. The average molecular weight is 545 g/mol. The number of ether oxygens (including phenoxy) is 1. The predicted octanol–water partition coefficient (Wildman–Crippen LogP) is 3.48. The van der Waals surface area contributed by atoms with E-state index in [0.717, 1.165) is 35.8 Å². The molecule has 3 aromatic rings. The standard InChI is InChI=1S/C27H31F3N6O3/c1-19-15-22(33-36(25(19)38)18-20-7-9-23(39-2)10-8-20)5-3-4-6-24(37)34-11-13-35(14-12-34)26-31-16-21(17-32-26)27(28,29)30/h7-10,15-17H,3-6,11-14,18H2,1-2H3. The van der Waals surface area contributed by atoms with Gasteiger partial charge in [-0.2, -0.15) is 18.3 Å². The highest BCUT2D eigenvalue weighted by Gasteiger charge is 2.32. The maximum absolute atomic E-state index is 12.7. The van der Waals surface area contributed by atoms with E-state index in [1.54, 1.807) is 29.9 Å². The van der Waals surface area contributed by atoms with Gasteiger partial charge >= 0.3 is 6.18 Å². The van der Waals surface area contributed by atoms with Crippen molar-refractivity contribution in [2.24, 2.45) is 0 Å². The third-order valence-electron chi connectivity index (χ3n) is 6.65. The number of hydrogen-bond acceptors (Lipinski definition) is 7. The Hall–Kier alpha value is -3.96. The minimum Gasteiger partial charge on any atom is -0.497 e. The maximum atomic E-state index is 12.7. The minimum atomic E-state index is -4.48. The number of methoxy groups -OCH3 is 1. The molecule has 4 rings (SSSR count). The molecule has 12 heteroatoms. The summed E-state index contributed by atoms with van der Waals surface area (Å²) < 4.78 is 44.8. The molecule has 2 aromatic heterocycles. The lowest BCUT2D eigenvalue weighted by atomic mass is 10.1. The van der Waals surface area contributed by atoms with Gasteiger partial charge in [0.2, 0.25) is 11.9 Å². The number of hydrogen-bond donors (Lipinski definition) is 0. The van der Waals surface area contributed by atoms with Gasteiger partial charge in [0.1, 0.15) is 5.75 Å². The first-order valence-electron chi connectivity index (χ1n) is 12.8. The Bertz CT molecular complexity index is 1320. The first-order valence-corrected chi connectivity index (χ1v) is 12.8. The molecule has 1 fully saturated rings. The van der Waals surface area contributed by atoms with E-state index in [4.69, 9.17) is 4.74 Å². The van der Waals surface area contributed by atoms with Crippen molar-refractivity contribution >= 4 is 11.9 Å². The first-order chi connectivity index (χ1) is 18.6. The highest BCUT2D eigenvalue weighted by molar-refractivity contribution is 5.76. The van der Waals surface area contributed by atoms with Gasteiger partial charge in [0.15, 0.2) is 0 Å². The zero-order chi connectivity index (χ0) is 28.0. The van der Waals surface area contributed by atoms with Crippen LogP contribution in [0.4, 0.5) is 19.1 Å². The summed E-state index contributed by atoms with van der Waals surface area (Å²) in [5.41, 5.74) is 1.35. The number of alkyl halides is 3. The van der Waals surface area contributed by atoms with E-state index in [9.17, 15) is 22.8 Å². The van der Waals surface area contributed by atoms with Gasteiger partial charge in [-0.25, -0.2) is 14.6 Å². The maximum Gasteiger partial charge on any atom is 0.419 e. The van der Waals surface area contributed by atoms with E-state index < -0.39 is 11.7 Å². The van der Waals surface area contributed by atoms with Crippen molar-refractivity contribution in [1.29, 1.82) is 0 Å². The summed E-state index contributed by atoms with van der Waals surface area (Å²) in [5.74, 6) is 1.01. The molecular weight excluding hydrogens is 513 g/mol. The van der Waals surface area contributed by atoms with Crippen molar-refractivity contribution in [3.8, 4) is 5.75 Å². The smallest absolute Gasteiger partial charge is 0.419 e. The van der Waals surface area contributed by atoms with Gasteiger partial charge in [-0.1, -0.05) is 12.1 Å². The number of benzene rings is 1. The molecule has 1 aromatic carbocycles. The third kappa shape index (κ3) is 7.33. The summed E-state index contributed by atoms with van der Waals surface area (Å²) in [5, 5.41) is 4.53. The van der Waals surface area contributed by atoms with Crippen molar-refractivity contribution in [3.05, 3.63) is 75.5 Å². The second-order valence-electron chi connectivity index (χ2n) is 9.47. The summed E-state index contributed by atoms with van der Waals surface area (Å²) in [4.78, 5) is 36.5. The fourth-order valence-corrected chi connectivity index (χ4v) is 4.40. The number of carbonyl (C=O) groups is 1. The molecule has 0 radical (unpaired) electrons. The van der Waals surface area contributed by atoms with Gasteiger partial charge in [0, 0.05) is 50.6 Å². The molecule has 1 aliphatic heterocycles. The number of anilines is 1. The first kappa shape index (κ1) is 28.1. The van der Waals surface area contributed by atoms with Gasteiger partial charge in [0.25, 0.3) is 5.56 Å². The van der Waals surface area contributed by atoms with Crippen LogP contribution in [-0.2, 0) is 23.9 Å². The normalized spacial score (nSPS) is 14.0. The number of piperazine rings is 1. The Morgan fingerprint density at radius 2 is 1.69 bits per heavy atom. The monoisotopic (exact) mass is 544 g/mol. The summed E-state index contributed by atoms with van der Waals surface area (Å²) in [6.45, 7) is 3.96. The molecule has 0 spiro atoms. The number of carbonyl (C=O) groups excluding carboxylic acids is 1. The summed E-state index contributed by atoms with van der Waals surface area (Å²) in [7, 11) is 1.60. The van der Waals surface area contributed by atoms with E-state index in [1.807, 2.05) is 24.3 Å². The van der Waals surface area contributed by atoms with Crippen LogP contribution in [-0.4, -0.2) is 63.8 Å². The van der Waals surface area contributed by atoms with Crippen molar-refractivity contribution in [2.45, 2.75) is 45.3 Å². The molecule has 208 valence electrons. The molecule has 3 heterocycles. The second kappa shape index (κ2) is 12.3. The number of rotatable bonds is 9. The van der Waals surface area contributed by atoms with E-state index in [0.29, 0.717) is 57.5 Å². The van der Waals surface area contributed by atoms with Gasteiger partial charge in [-0.3, -0.25) is 9.59 Å². The van der Waals surface area contributed by atoms with Crippen LogP contribution < -0.4 is 15.2 Å². The minimum absolute atomic E-state index is 0.0385. The molecule has 0 atom stereocenters. The van der Waals surface area contributed by atoms with Crippen LogP contribution in [0.1, 0.15) is 41.6 Å². The van der Waals surface area contributed by atoms with Crippen LogP contribution in [0.15, 0.2) is 47.5 Å². The lowest BCUT2D eigenvalue weighted by Crippen LogP contribution is -2.49. The van der Waals surface area contributed by atoms with Crippen molar-refractivity contribution in [1.82, 2.24) is 24.6 Å². The summed E-state index contributed by atoms with van der Waals surface area (Å²) in [6, 6.07) is 9.29. The van der Waals surface area contributed by atoms with E-state index >= 15 is 0 Å². The SMILES string of the molecule is COc1ccc(Cn2nc(CCCCC(=O)N3CCN(c4ncc(C(F)(F)F)cn4)CC3)cc(C)c2=O)cc1. The molecule has 1 amide bonds. The van der Waals surface area contributed by atoms with Crippen LogP contribution in [0, 0.1) is 6.92 Å². The largest absolute Gasteiger partial charge is 0.497 e. The summed E-state index contributed by atoms with van der Waals surface area (Å²) in [6.07, 6.45) is -0.450. The lowest BCUT2D eigenvalue weighted by molar-refractivity contribution is -0.138. The quantitative estimate of drug-likeness (QED) is 0.381.